The molecule has 4 heteroatoms. The molecule has 0 bridgehead atoms. The fourth-order valence-electron chi connectivity index (χ4n) is 5.71. The number of fused-ring (bicyclic) bond motifs is 3. The summed E-state index contributed by atoms with van der Waals surface area (Å²) in [6.45, 7) is 0. The molecule has 0 N–H and O–H groups in total. The summed E-state index contributed by atoms with van der Waals surface area (Å²) in [7, 11) is 0. The minimum absolute atomic E-state index is 0.586. The number of nitriles is 2. The maximum atomic E-state index is 10.3. The smallest absolute Gasteiger partial charge is 0.0998 e. The van der Waals surface area contributed by atoms with Crippen LogP contribution in [0.4, 0.5) is 0 Å². The fraction of sp³-hybridized carbons (Fsp3) is 0. The molecule has 190 valence electrons. The highest BCUT2D eigenvalue weighted by molar-refractivity contribution is 6.11. The Kier molecular flexibility index (Phi) is 5.86. The molecular formula is C37H22N4. The van der Waals surface area contributed by atoms with Crippen molar-refractivity contribution in [3.63, 3.8) is 0 Å². The van der Waals surface area contributed by atoms with Gasteiger partial charge >= 0.3 is 0 Å². The predicted molar refractivity (Wildman–Crippen MR) is 164 cm³/mol. The summed E-state index contributed by atoms with van der Waals surface area (Å²) in [5.41, 5.74) is 9.93. The molecule has 0 atom stereocenters. The molecule has 41 heavy (non-hydrogen) atoms. The monoisotopic (exact) mass is 522 g/mol. The Hall–Kier alpha value is -5.97. The van der Waals surface area contributed by atoms with Crippen LogP contribution in [0.2, 0.25) is 0 Å². The van der Waals surface area contributed by atoms with Crippen LogP contribution in [0.5, 0.6) is 0 Å². The molecule has 5 aromatic carbocycles. The van der Waals surface area contributed by atoms with Gasteiger partial charge < -0.3 is 4.57 Å². The second kappa shape index (κ2) is 9.97. The third-order valence-corrected chi connectivity index (χ3v) is 7.61. The first-order valence-electron chi connectivity index (χ1n) is 13.3. The maximum Gasteiger partial charge on any atom is 0.0998 e. The van der Waals surface area contributed by atoms with Crippen LogP contribution in [0.25, 0.3) is 60.9 Å². The van der Waals surface area contributed by atoms with Crippen molar-refractivity contribution in [2.45, 2.75) is 0 Å². The molecule has 0 amide bonds. The van der Waals surface area contributed by atoms with Gasteiger partial charge in [0.1, 0.15) is 0 Å². The van der Waals surface area contributed by atoms with E-state index in [-0.39, 0.29) is 0 Å². The standard InChI is InChI=1S/C37H22N4/c38-23-28-10-4-5-11-30(28)27-14-15-32-31-12-6-7-13-35(31)41(36(32)20-27)37-21-29(24-39)33(26-16-18-40-19-17-26)22-34(37)25-8-2-1-3-9-25/h1-22H. The van der Waals surface area contributed by atoms with Gasteiger partial charge in [-0.3, -0.25) is 4.98 Å². The average molecular weight is 523 g/mol. The highest BCUT2D eigenvalue weighted by atomic mass is 15.0. The molecule has 0 radical (unpaired) electrons. The molecule has 2 aromatic heterocycles. The molecule has 0 spiro atoms. The number of pyridine rings is 1. The van der Waals surface area contributed by atoms with Crippen molar-refractivity contribution < 1.29 is 0 Å². The SMILES string of the molecule is N#Cc1ccccc1-c1ccc2c3ccccc3n(-c3cc(C#N)c(-c4ccncc4)cc3-c3ccccc3)c2c1. The van der Waals surface area contributed by atoms with Crippen LogP contribution in [0.15, 0.2) is 134 Å². The van der Waals surface area contributed by atoms with Gasteiger partial charge in [-0.05, 0) is 64.7 Å². The molecule has 0 fully saturated rings. The summed E-state index contributed by atoms with van der Waals surface area (Å²) in [6.07, 6.45) is 3.50. The number of para-hydroxylation sites is 1. The third-order valence-electron chi connectivity index (χ3n) is 7.61. The van der Waals surface area contributed by atoms with E-state index in [9.17, 15) is 10.5 Å². The van der Waals surface area contributed by atoms with Gasteiger partial charge in [0.25, 0.3) is 0 Å². The summed E-state index contributed by atoms with van der Waals surface area (Å²) in [6, 6.07) is 45.5. The first-order chi connectivity index (χ1) is 20.3. The van der Waals surface area contributed by atoms with Gasteiger partial charge in [0.15, 0.2) is 0 Å². The minimum atomic E-state index is 0.586. The summed E-state index contributed by atoms with van der Waals surface area (Å²) < 4.78 is 2.25. The number of hydrogen-bond acceptors (Lipinski definition) is 3. The van der Waals surface area contributed by atoms with E-state index >= 15 is 0 Å². The Labute approximate surface area is 237 Å². The lowest BCUT2D eigenvalue weighted by molar-refractivity contribution is 1.18. The normalized spacial score (nSPS) is 10.9. The maximum absolute atomic E-state index is 10.3. The number of nitrogens with zero attached hydrogens (tertiary/aromatic N) is 4. The Morgan fingerprint density at radius 3 is 1.98 bits per heavy atom. The lowest BCUT2D eigenvalue weighted by Gasteiger charge is -2.18. The largest absolute Gasteiger partial charge is 0.309 e. The van der Waals surface area contributed by atoms with E-state index in [1.807, 2.05) is 66.7 Å². The van der Waals surface area contributed by atoms with Gasteiger partial charge in [-0.1, -0.05) is 78.9 Å². The van der Waals surface area contributed by atoms with E-state index in [4.69, 9.17) is 0 Å². The van der Waals surface area contributed by atoms with Gasteiger partial charge in [-0.25, -0.2) is 0 Å². The topological polar surface area (TPSA) is 65.4 Å². The molecule has 7 rings (SSSR count). The van der Waals surface area contributed by atoms with Crippen LogP contribution in [-0.4, -0.2) is 9.55 Å². The Bertz CT molecular complexity index is 2160. The summed E-state index contributed by atoms with van der Waals surface area (Å²) in [5.74, 6) is 0. The van der Waals surface area contributed by atoms with Gasteiger partial charge in [-0.2, -0.15) is 10.5 Å². The van der Waals surface area contributed by atoms with Crippen molar-refractivity contribution in [2.75, 3.05) is 0 Å². The molecule has 0 aliphatic heterocycles. The zero-order chi connectivity index (χ0) is 27.8. The Morgan fingerprint density at radius 1 is 0.488 bits per heavy atom. The fourth-order valence-corrected chi connectivity index (χ4v) is 5.71. The summed E-state index contributed by atoms with van der Waals surface area (Å²) >= 11 is 0. The Balaban J connectivity index is 1.60. The molecule has 0 aliphatic carbocycles. The van der Waals surface area contributed by atoms with Gasteiger partial charge in [0, 0.05) is 34.3 Å². The van der Waals surface area contributed by atoms with Crippen molar-refractivity contribution >= 4 is 21.8 Å². The van der Waals surface area contributed by atoms with Crippen LogP contribution in [0.1, 0.15) is 11.1 Å². The van der Waals surface area contributed by atoms with Crippen molar-refractivity contribution in [3.05, 3.63) is 145 Å². The van der Waals surface area contributed by atoms with E-state index in [1.54, 1.807) is 12.4 Å². The lowest BCUT2D eigenvalue weighted by atomic mass is 9.93. The van der Waals surface area contributed by atoms with Crippen LogP contribution < -0.4 is 0 Å². The van der Waals surface area contributed by atoms with E-state index < -0.39 is 0 Å². The average Bonchev–Trinajstić information content (AvgIpc) is 3.38. The molecule has 7 aromatic rings. The molecule has 0 aliphatic rings. The lowest BCUT2D eigenvalue weighted by Crippen LogP contribution is -2.00. The number of benzene rings is 5. The first-order valence-corrected chi connectivity index (χ1v) is 13.3. The molecule has 0 unspecified atom stereocenters. The molecule has 0 saturated carbocycles. The van der Waals surface area contributed by atoms with Crippen molar-refractivity contribution in [1.29, 1.82) is 10.5 Å². The van der Waals surface area contributed by atoms with Gasteiger partial charge in [-0.15, -0.1) is 0 Å². The number of hydrogen-bond donors (Lipinski definition) is 0. The van der Waals surface area contributed by atoms with Gasteiger partial charge in [0.2, 0.25) is 0 Å². The molecule has 4 nitrogen and oxygen atoms in total. The highest BCUT2D eigenvalue weighted by Gasteiger charge is 2.20. The summed E-state index contributed by atoms with van der Waals surface area (Å²) in [4.78, 5) is 4.17. The van der Waals surface area contributed by atoms with Gasteiger partial charge in [0.05, 0.1) is 40.0 Å². The molecular weight excluding hydrogens is 500 g/mol. The molecule has 2 heterocycles. The minimum Gasteiger partial charge on any atom is -0.309 e. The number of aromatic nitrogens is 2. The van der Waals surface area contributed by atoms with Crippen molar-refractivity contribution in [3.8, 4) is 51.2 Å². The van der Waals surface area contributed by atoms with E-state index in [1.165, 1.54) is 0 Å². The van der Waals surface area contributed by atoms with Crippen LogP contribution in [0.3, 0.4) is 0 Å². The first kappa shape index (κ1) is 24.1. The van der Waals surface area contributed by atoms with Crippen LogP contribution in [0, 0.1) is 22.7 Å². The quantitative estimate of drug-likeness (QED) is 0.232. The predicted octanol–water partition coefficient (Wildman–Crippen LogP) is 8.92. The van der Waals surface area contributed by atoms with E-state index in [0.29, 0.717) is 11.1 Å². The van der Waals surface area contributed by atoms with Crippen molar-refractivity contribution in [2.24, 2.45) is 0 Å². The van der Waals surface area contributed by atoms with E-state index in [0.717, 1.165) is 60.9 Å². The van der Waals surface area contributed by atoms with E-state index in [2.05, 4.69) is 76.3 Å². The second-order valence-corrected chi connectivity index (χ2v) is 9.87. The Morgan fingerprint density at radius 2 is 1.17 bits per heavy atom. The highest BCUT2D eigenvalue weighted by Crippen LogP contribution is 2.40. The van der Waals surface area contributed by atoms with Crippen molar-refractivity contribution in [1.82, 2.24) is 9.55 Å². The zero-order valence-corrected chi connectivity index (χ0v) is 22.0. The number of rotatable bonds is 4. The molecule has 0 saturated heterocycles. The summed E-state index contributed by atoms with van der Waals surface area (Å²) in [5, 5.41) is 22.4. The second-order valence-electron chi connectivity index (χ2n) is 9.87. The van der Waals surface area contributed by atoms with Crippen LogP contribution >= 0.6 is 0 Å². The zero-order valence-electron chi connectivity index (χ0n) is 22.0. The van der Waals surface area contributed by atoms with Crippen LogP contribution in [-0.2, 0) is 0 Å². The third kappa shape index (κ3) is 4.03.